The largest absolute Gasteiger partial charge is 0.478 e. The van der Waals surface area contributed by atoms with Crippen LogP contribution in [0.15, 0.2) is 42.7 Å². The molecule has 0 aliphatic carbocycles. The number of rotatable bonds is 4. The molecule has 3 aromatic rings. The van der Waals surface area contributed by atoms with Crippen molar-refractivity contribution in [1.82, 2.24) is 20.0 Å². The summed E-state index contributed by atoms with van der Waals surface area (Å²) in [7, 11) is 0. The Labute approximate surface area is 114 Å². The molecule has 0 amide bonds. The molecule has 1 N–H and O–H groups in total. The number of aryl methyl sites for hydroxylation is 2. The molecule has 0 radical (unpaired) electrons. The van der Waals surface area contributed by atoms with Crippen molar-refractivity contribution in [3.8, 4) is 0 Å². The van der Waals surface area contributed by atoms with E-state index in [0.717, 1.165) is 12.0 Å². The van der Waals surface area contributed by atoms with Gasteiger partial charge in [-0.05, 0) is 36.2 Å². The first-order valence-electron chi connectivity index (χ1n) is 6.20. The molecule has 0 unspecified atom stereocenters. The maximum atomic E-state index is 11.3. The van der Waals surface area contributed by atoms with E-state index in [4.69, 9.17) is 0 Å². The molecule has 20 heavy (non-hydrogen) atoms. The minimum Gasteiger partial charge on any atom is -0.478 e. The fraction of sp³-hybridized carbons (Fsp3) is 0.143. The number of benzene rings is 1. The smallest absolute Gasteiger partial charge is 0.337 e. The Morgan fingerprint density at radius 1 is 1.20 bits per heavy atom. The van der Waals surface area contributed by atoms with Crippen LogP contribution < -0.4 is 0 Å². The summed E-state index contributed by atoms with van der Waals surface area (Å²) in [6, 6.07) is 8.86. The Hall–Kier alpha value is -2.76. The van der Waals surface area contributed by atoms with Crippen molar-refractivity contribution in [1.29, 1.82) is 0 Å². The van der Waals surface area contributed by atoms with Crippen LogP contribution in [0.2, 0.25) is 0 Å². The van der Waals surface area contributed by atoms with Gasteiger partial charge in [-0.3, -0.25) is 4.98 Å². The minimum absolute atomic E-state index is 0.224. The van der Waals surface area contributed by atoms with Crippen LogP contribution in [-0.2, 0) is 13.0 Å². The number of carboxylic acids is 1. The molecule has 6 nitrogen and oxygen atoms in total. The first kappa shape index (κ1) is 12.3. The second-order valence-electron chi connectivity index (χ2n) is 4.40. The average Bonchev–Trinajstić information content (AvgIpc) is 2.89. The Morgan fingerprint density at radius 3 is 2.75 bits per heavy atom. The van der Waals surface area contributed by atoms with Crippen LogP contribution in [0.4, 0.5) is 0 Å². The summed E-state index contributed by atoms with van der Waals surface area (Å²) in [5, 5.41) is 17.3. The predicted octanol–water partition coefficient (Wildman–Crippen LogP) is 1.77. The third-order valence-corrected chi connectivity index (χ3v) is 3.13. The van der Waals surface area contributed by atoms with E-state index in [0.29, 0.717) is 17.6 Å². The standard InChI is InChI=1S/C14H12N4O2/c19-14(20)11-2-1-3-12-13(11)18(17-16-12)9-6-10-4-7-15-8-5-10/h1-5,7-8H,6,9H2,(H,19,20). The second kappa shape index (κ2) is 5.08. The summed E-state index contributed by atoms with van der Waals surface area (Å²) in [6.45, 7) is 0.574. The first-order chi connectivity index (χ1) is 9.75. The van der Waals surface area contributed by atoms with Crippen molar-refractivity contribution in [2.45, 2.75) is 13.0 Å². The van der Waals surface area contributed by atoms with E-state index in [1.54, 1.807) is 35.3 Å². The van der Waals surface area contributed by atoms with Gasteiger partial charge >= 0.3 is 5.97 Å². The number of pyridine rings is 1. The molecule has 0 saturated heterocycles. The van der Waals surface area contributed by atoms with Gasteiger partial charge in [-0.2, -0.15) is 0 Å². The molecule has 0 saturated carbocycles. The third kappa shape index (κ3) is 2.23. The summed E-state index contributed by atoms with van der Waals surface area (Å²) < 4.78 is 1.64. The van der Waals surface area contributed by atoms with Gasteiger partial charge < -0.3 is 5.11 Å². The Kier molecular flexibility index (Phi) is 3.12. The lowest BCUT2D eigenvalue weighted by atomic mass is 10.1. The lowest BCUT2D eigenvalue weighted by molar-refractivity contribution is 0.0698. The summed E-state index contributed by atoms with van der Waals surface area (Å²) in [5.74, 6) is -0.969. The van der Waals surface area contributed by atoms with Gasteiger partial charge in [0.1, 0.15) is 11.0 Å². The summed E-state index contributed by atoms with van der Waals surface area (Å²) in [6.07, 6.45) is 4.21. The quantitative estimate of drug-likeness (QED) is 0.779. The number of aromatic carboxylic acids is 1. The molecular weight excluding hydrogens is 256 g/mol. The molecule has 2 heterocycles. The highest BCUT2D eigenvalue weighted by Crippen LogP contribution is 2.17. The van der Waals surface area contributed by atoms with Crippen LogP contribution in [0.5, 0.6) is 0 Å². The fourth-order valence-electron chi connectivity index (χ4n) is 2.14. The number of carbonyl (C=O) groups is 1. The van der Waals surface area contributed by atoms with Crippen molar-refractivity contribution >= 4 is 17.0 Å². The molecule has 3 rings (SSSR count). The highest BCUT2D eigenvalue weighted by molar-refractivity contribution is 6.00. The summed E-state index contributed by atoms with van der Waals surface area (Å²) in [4.78, 5) is 15.2. The molecule has 0 aliphatic heterocycles. The number of para-hydroxylation sites is 1. The molecule has 0 spiro atoms. The van der Waals surface area contributed by atoms with Crippen LogP contribution in [0.3, 0.4) is 0 Å². The molecule has 0 bridgehead atoms. The molecule has 0 aliphatic rings. The number of hydrogen-bond acceptors (Lipinski definition) is 4. The van der Waals surface area contributed by atoms with Crippen LogP contribution in [-0.4, -0.2) is 31.1 Å². The van der Waals surface area contributed by atoms with Crippen LogP contribution in [0.1, 0.15) is 15.9 Å². The van der Waals surface area contributed by atoms with Gasteiger partial charge in [0.15, 0.2) is 0 Å². The van der Waals surface area contributed by atoms with E-state index in [2.05, 4.69) is 15.3 Å². The molecule has 1 aromatic carbocycles. The summed E-state index contributed by atoms with van der Waals surface area (Å²) in [5.41, 5.74) is 2.51. The maximum Gasteiger partial charge on any atom is 0.337 e. The van der Waals surface area contributed by atoms with Crippen LogP contribution in [0.25, 0.3) is 11.0 Å². The topological polar surface area (TPSA) is 80.9 Å². The van der Waals surface area contributed by atoms with Gasteiger partial charge in [0, 0.05) is 18.9 Å². The molecule has 6 heteroatoms. The number of fused-ring (bicyclic) bond motifs is 1. The fourth-order valence-corrected chi connectivity index (χ4v) is 2.14. The zero-order valence-corrected chi connectivity index (χ0v) is 10.6. The Morgan fingerprint density at radius 2 is 2.00 bits per heavy atom. The van der Waals surface area contributed by atoms with Crippen molar-refractivity contribution in [2.75, 3.05) is 0 Å². The Bertz CT molecular complexity index is 752. The van der Waals surface area contributed by atoms with Crippen molar-refractivity contribution in [3.63, 3.8) is 0 Å². The van der Waals surface area contributed by atoms with Gasteiger partial charge in [0.25, 0.3) is 0 Å². The van der Waals surface area contributed by atoms with Gasteiger partial charge in [-0.15, -0.1) is 5.10 Å². The van der Waals surface area contributed by atoms with E-state index < -0.39 is 5.97 Å². The zero-order valence-electron chi connectivity index (χ0n) is 10.6. The minimum atomic E-state index is -0.969. The molecule has 100 valence electrons. The monoisotopic (exact) mass is 268 g/mol. The molecule has 2 aromatic heterocycles. The predicted molar refractivity (Wildman–Crippen MR) is 72.4 cm³/mol. The van der Waals surface area contributed by atoms with E-state index >= 15 is 0 Å². The van der Waals surface area contributed by atoms with E-state index in [1.165, 1.54) is 0 Å². The van der Waals surface area contributed by atoms with Crippen LogP contribution in [0, 0.1) is 0 Å². The highest BCUT2D eigenvalue weighted by Gasteiger charge is 2.14. The van der Waals surface area contributed by atoms with Crippen LogP contribution >= 0.6 is 0 Å². The molecular formula is C14H12N4O2. The number of aromatic nitrogens is 4. The number of nitrogens with zero attached hydrogens (tertiary/aromatic N) is 4. The van der Waals surface area contributed by atoms with Gasteiger partial charge in [-0.1, -0.05) is 11.3 Å². The van der Waals surface area contributed by atoms with Gasteiger partial charge in [-0.25, -0.2) is 9.48 Å². The maximum absolute atomic E-state index is 11.3. The van der Waals surface area contributed by atoms with E-state index in [1.807, 2.05) is 12.1 Å². The lowest BCUT2D eigenvalue weighted by Gasteiger charge is -2.04. The Balaban J connectivity index is 1.94. The normalized spacial score (nSPS) is 10.8. The molecule has 0 fully saturated rings. The van der Waals surface area contributed by atoms with Gasteiger partial charge in [0.2, 0.25) is 0 Å². The first-order valence-corrected chi connectivity index (χ1v) is 6.20. The second-order valence-corrected chi connectivity index (χ2v) is 4.40. The van der Waals surface area contributed by atoms with Gasteiger partial charge in [0.05, 0.1) is 5.56 Å². The average molecular weight is 268 g/mol. The van der Waals surface area contributed by atoms with Crippen molar-refractivity contribution in [3.05, 3.63) is 53.9 Å². The van der Waals surface area contributed by atoms with Crippen molar-refractivity contribution < 1.29 is 9.90 Å². The van der Waals surface area contributed by atoms with E-state index in [9.17, 15) is 9.90 Å². The molecule has 0 atom stereocenters. The van der Waals surface area contributed by atoms with E-state index in [-0.39, 0.29) is 5.56 Å². The highest BCUT2D eigenvalue weighted by atomic mass is 16.4. The third-order valence-electron chi connectivity index (χ3n) is 3.13. The number of carboxylic acid groups (broad SMARTS) is 1. The van der Waals surface area contributed by atoms with Crippen molar-refractivity contribution in [2.24, 2.45) is 0 Å². The zero-order chi connectivity index (χ0) is 13.9. The SMILES string of the molecule is O=C(O)c1cccc2nnn(CCc3ccncc3)c12. The number of hydrogen-bond donors (Lipinski definition) is 1. The lowest BCUT2D eigenvalue weighted by Crippen LogP contribution is -2.07. The summed E-state index contributed by atoms with van der Waals surface area (Å²) >= 11 is 0.